The molecule has 2 aromatic heterocycles. The monoisotopic (exact) mass is 406 g/mol. The number of hydrogen-bond acceptors (Lipinski definition) is 4. The molecule has 0 unspecified atom stereocenters. The van der Waals surface area contributed by atoms with E-state index in [2.05, 4.69) is 17.0 Å². The molecule has 0 saturated heterocycles. The number of primary amides is 1. The van der Waals surface area contributed by atoms with E-state index in [9.17, 15) is 9.59 Å². The van der Waals surface area contributed by atoms with E-state index in [-0.39, 0.29) is 11.7 Å². The predicted octanol–water partition coefficient (Wildman–Crippen LogP) is 3.92. The van der Waals surface area contributed by atoms with Crippen LogP contribution in [0, 0.1) is 20.8 Å². The van der Waals surface area contributed by atoms with Crippen LogP contribution in [0.4, 0.5) is 5.69 Å². The number of aromatic nitrogens is 2. The number of benzene rings is 1. The minimum atomic E-state index is -0.621. The van der Waals surface area contributed by atoms with Crippen LogP contribution in [0.3, 0.4) is 0 Å². The van der Waals surface area contributed by atoms with E-state index in [1.54, 1.807) is 12.1 Å². The lowest BCUT2D eigenvalue weighted by Gasteiger charge is -2.10. The predicted molar refractivity (Wildman–Crippen MR) is 116 cm³/mol. The molecule has 0 aliphatic carbocycles. The first kappa shape index (κ1) is 21.1. The van der Waals surface area contributed by atoms with Crippen LogP contribution in [-0.2, 0) is 17.8 Å². The van der Waals surface area contributed by atoms with E-state index in [4.69, 9.17) is 10.2 Å². The second-order valence-corrected chi connectivity index (χ2v) is 7.23. The summed E-state index contributed by atoms with van der Waals surface area (Å²) in [6.07, 6.45) is 2.76. The summed E-state index contributed by atoms with van der Waals surface area (Å²) in [7, 11) is 0. The fourth-order valence-corrected chi connectivity index (χ4v) is 3.38. The normalized spacial score (nSPS) is 10.8. The second-order valence-electron chi connectivity index (χ2n) is 7.23. The number of carbonyl (C=O) groups excluding carboxylic acids is 2. The number of anilines is 1. The van der Waals surface area contributed by atoms with Gasteiger partial charge in [0.15, 0.2) is 5.76 Å². The molecular weight excluding hydrogens is 380 g/mol. The fraction of sp³-hybridized carbons (Fsp3) is 0.261. The second kappa shape index (κ2) is 8.82. The average Bonchev–Trinajstić information content (AvgIpc) is 3.28. The molecule has 0 atom stereocenters. The SMILES string of the molecule is C=CCn1nc(C)c(CCC(=O)Nc2cc(-c3ccc(C(N)=O)o3)ccc2C)c1C. The third-order valence-corrected chi connectivity index (χ3v) is 5.08. The first-order valence-electron chi connectivity index (χ1n) is 9.74. The third-order valence-electron chi connectivity index (χ3n) is 5.08. The summed E-state index contributed by atoms with van der Waals surface area (Å²) in [5, 5.41) is 7.48. The summed E-state index contributed by atoms with van der Waals surface area (Å²) < 4.78 is 7.38. The zero-order valence-corrected chi connectivity index (χ0v) is 17.5. The number of nitrogens with one attached hydrogen (secondary N) is 1. The number of nitrogens with two attached hydrogens (primary N) is 1. The lowest BCUT2D eigenvalue weighted by Crippen LogP contribution is -2.13. The smallest absolute Gasteiger partial charge is 0.284 e. The van der Waals surface area contributed by atoms with E-state index in [0.717, 1.165) is 28.1 Å². The Labute approximate surface area is 175 Å². The van der Waals surface area contributed by atoms with Gasteiger partial charge in [-0.05, 0) is 56.5 Å². The summed E-state index contributed by atoms with van der Waals surface area (Å²) in [4.78, 5) is 23.8. The van der Waals surface area contributed by atoms with Crippen molar-refractivity contribution in [3.63, 3.8) is 0 Å². The third kappa shape index (κ3) is 4.51. The van der Waals surface area contributed by atoms with E-state index in [1.165, 1.54) is 6.07 Å². The minimum Gasteiger partial charge on any atom is -0.451 e. The molecule has 0 fully saturated rings. The molecule has 1 aromatic carbocycles. The average molecular weight is 406 g/mol. The van der Waals surface area contributed by atoms with Crippen LogP contribution in [0.25, 0.3) is 11.3 Å². The molecule has 30 heavy (non-hydrogen) atoms. The maximum Gasteiger partial charge on any atom is 0.284 e. The molecule has 2 amide bonds. The molecule has 0 aliphatic heterocycles. The molecular formula is C23H26N4O3. The quantitative estimate of drug-likeness (QED) is 0.553. The minimum absolute atomic E-state index is 0.0807. The van der Waals surface area contributed by atoms with Crippen LogP contribution in [0.5, 0.6) is 0 Å². The van der Waals surface area contributed by atoms with E-state index < -0.39 is 5.91 Å². The molecule has 7 heteroatoms. The van der Waals surface area contributed by atoms with Crippen LogP contribution in [0.2, 0.25) is 0 Å². The van der Waals surface area contributed by atoms with Gasteiger partial charge in [-0.1, -0.05) is 18.2 Å². The standard InChI is InChI=1S/C23H26N4O3/c1-5-12-27-16(4)18(15(3)26-27)8-11-22(28)25-19-13-17(7-6-14(19)2)20-9-10-21(30-20)23(24)29/h5-7,9-10,13H,1,8,11-12H2,2-4H3,(H2,24,29)(H,25,28). The van der Waals surface area contributed by atoms with E-state index in [1.807, 2.05) is 43.7 Å². The molecule has 0 aliphatic rings. The molecule has 0 saturated carbocycles. The molecule has 0 spiro atoms. The van der Waals surface area contributed by atoms with Gasteiger partial charge < -0.3 is 15.5 Å². The van der Waals surface area contributed by atoms with Gasteiger partial charge >= 0.3 is 0 Å². The molecule has 0 radical (unpaired) electrons. The summed E-state index contributed by atoms with van der Waals surface area (Å²) >= 11 is 0. The van der Waals surface area contributed by atoms with Gasteiger partial charge in [0.25, 0.3) is 5.91 Å². The van der Waals surface area contributed by atoms with Crippen molar-refractivity contribution in [2.24, 2.45) is 5.73 Å². The lowest BCUT2D eigenvalue weighted by atomic mass is 10.1. The number of carbonyl (C=O) groups is 2. The number of furan rings is 1. The van der Waals surface area contributed by atoms with Crippen LogP contribution in [0.1, 0.15) is 39.5 Å². The van der Waals surface area contributed by atoms with Gasteiger partial charge in [-0.2, -0.15) is 5.10 Å². The van der Waals surface area contributed by atoms with Gasteiger partial charge in [-0.25, -0.2) is 0 Å². The fourth-order valence-electron chi connectivity index (χ4n) is 3.38. The van der Waals surface area contributed by atoms with Crippen molar-refractivity contribution in [3.8, 4) is 11.3 Å². The number of allylic oxidation sites excluding steroid dienone is 1. The summed E-state index contributed by atoms with van der Waals surface area (Å²) in [5.41, 5.74) is 10.7. The Hall–Kier alpha value is -3.61. The van der Waals surface area contributed by atoms with Gasteiger partial charge in [0.05, 0.1) is 12.2 Å². The van der Waals surface area contributed by atoms with E-state index >= 15 is 0 Å². The largest absolute Gasteiger partial charge is 0.451 e. The van der Waals surface area contributed by atoms with Crippen molar-refractivity contribution < 1.29 is 14.0 Å². The number of amides is 2. The Bertz CT molecular complexity index is 1110. The Morgan fingerprint density at radius 3 is 2.67 bits per heavy atom. The van der Waals surface area contributed by atoms with Crippen molar-refractivity contribution in [3.05, 3.63) is 71.3 Å². The van der Waals surface area contributed by atoms with Crippen molar-refractivity contribution in [2.45, 2.75) is 40.2 Å². The maximum atomic E-state index is 12.6. The lowest BCUT2D eigenvalue weighted by molar-refractivity contribution is -0.116. The van der Waals surface area contributed by atoms with Gasteiger partial charge in [-0.15, -0.1) is 6.58 Å². The molecule has 3 N–H and O–H groups in total. The summed E-state index contributed by atoms with van der Waals surface area (Å²) in [6.45, 7) is 10.3. The topological polar surface area (TPSA) is 103 Å². The van der Waals surface area contributed by atoms with Crippen molar-refractivity contribution in [1.82, 2.24) is 9.78 Å². The number of aryl methyl sites for hydroxylation is 2. The molecule has 3 rings (SSSR count). The Morgan fingerprint density at radius 1 is 1.23 bits per heavy atom. The Balaban J connectivity index is 1.71. The highest BCUT2D eigenvalue weighted by molar-refractivity contribution is 5.93. The molecule has 156 valence electrons. The van der Waals surface area contributed by atoms with Gasteiger partial charge in [0.1, 0.15) is 5.76 Å². The summed E-state index contributed by atoms with van der Waals surface area (Å²) in [5.74, 6) is -0.0919. The van der Waals surface area contributed by atoms with Crippen LogP contribution < -0.4 is 11.1 Å². The zero-order chi connectivity index (χ0) is 21.8. The number of hydrogen-bond donors (Lipinski definition) is 2. The van der Waals surface area contributed by atoms with Crippen LogP contribution in [0.15, 0.2) is 47.4 Å². The molecule has 0 bridgehead atoms. The van der Waals surface area contributed by atoms with Crippen molar-refractivity contribution in [2.75, 3.05) is 5.32 Å². The molecule has 7 nitrogen and oxygen atoms in total. The van der Waals surface area contributed by atoms with Crippen LogP contribution >= 0.6 is 0 Å². The molecule has 3 aromatic rings. The van der Waals surface area contributed by atoms with Gasteiger partial charge in [0.2, 0.25) is 5.91 Å². The first-order chi connectivity index (χ1) is 14.3. The van der Waals surface area contributed by atoms with Crippen LogP contribution in [-0.4, -0.2) is 21.6 Å². The number of nitrogens with zero attached hydrogens (tertiary/aromatic N) is 2. The first-order valence-corrected chi connectivity index (χ1v) is 9.74. The Morgan fingerprint density at radius 2 is 2.00 bits per heavy atom. The van der Waals surface area contributed by atoms with Gasteiger partial charge in [0, 0.05) is 23.4 Å². The Kier molecular flexibility index (Phi) is 6.20. The van der Waals surface area contributed by atoms with Gasteiger partial charge in [-0.3, -0.25) is 14.3 Å². The highest BCUT2D eigenvalue weighted by Gasteiger charge is 2.14. The number of rotatable bonds is 8. The maximum absolute atomic E-state index is 12.6. The zero-order valence-electron chi connectivity index (χ0n) is 17.5. The molecule has 2 heterocycles. The summed E-state index contributed by atoms with van der Waals surface area (Å²) in [6, 6.07) is 8.81. The highest BCUT2D eigenvalue weighted by Crippen LogP contribution is 2.27. The van der Waals surface area contributed by atoms with Crippen molar-refractivity contribution >= 4 is 17.5 Å². The highest BCUT2D eigenvalue weighted by atomic mass is 16.3. The van der Waals surface area contributed by atoms with Crippen molar-refractivity contribution in [1.29, 1.82) is 0 Å². The van der Waals surface area contributed by atoms with E-state index in [0.29, 0.717) is 30.8 Å².